The van der Waals surface area contributed by atoms with Gasteiger partial charge in [0.05, 0.1) is 12.6 Å². The summed E-state index contributed by atoms with van der Waals surface area (Å²) in [6.07, 6.45) is 14.5. The van der Waals surface area contributed by atoms with Gasteiger partial charge in [0.15, 0.2) is 5.75 Å². The van der Waals surface area contributed by atoms with E-state index in [4.69, 9.17) is 4.74 Å². The SMILES string of the molecule is Cc1ncnc2c(OC(=O)N3CCN(C(=O)[C@@H](CC4CCCCC4)NC4CCCCC4)[C@H](C=O)C3)cccc12. The topological polar surface area (TPSA) is 105 Å². The molecule has 0 radical (unpaired) electrons. The number of carbonyl (C=O) groups is 3. The average molecular weight is 536 g/mol. The van der Waals surface area contributed by atoms with E-state index in [0.29, 0.717) is 36.3 Å². The molecule has 0 spiro atoms. The normalized spacial score (nSPS) is 22.0. The van der Waals surface area contributed by atoms with Crippen molar-refractivity contribution in [1.82, 2.24) is 25.1 Å². The number of amides is 2. The Morgan fingerprint density at radius 1 is 1.05 bits per heavy atom. The fourth-order valence-electron chi connectivity index (χ4n) is 6.55. The van der Waals surface area contributed by atoms with Crippen LogP contribution in [-0.2, 0) is 9.59 Å². The van der Waals surface area contributed by atoms with E-state index >= 15 is 0 Å². The number of nitrogens with one attached hydrogen (secondary N) is 1. The molecule has 0 unspecified atom stereocenters. The van der Waals surface area contributed by atoms with E-state index in [1.807, 2.05) is 13.0 Å². The number of rotatable bonds is 7. The molecule has 0 bridgehead atoms. The third-order valence-corrected chi connectivity index (χ3v) is 8.78. The van der Waals surface area contributed by atoms with Crippen molar-refractivity contribution in [3.8, 4) is 5.75 Å². The van der Waals surface area contributed by atoms with Crippen LogP contribution in [0.2, 0.25) is 0 Å². The maximum absolute atomic E-state index is 13.9. The molecule has 210 valence electrons. The fraction of sp³-hybridized carbons (Fsp3) is 0.633. The van der Waals surface area contributed by atoms with Crippen molar-refractivity contribution in [3.63, 3.8) is 0 Å². The predicted octanol–water partition coefficient (Wildman–Crippen LogP) is 4.41. The summed E-state index contributed by atoms with van der Waals surface area (Å²) in [5.74, 6) is 0.897. The first kappa shape index (κ1) is 27.5. The minimum absolute atomic E-state index is 0.00232. The van der Waals surface area contributed by atoms with E-state index in [1.165, 1.54) is 62.6 Å². The van der Waals surface area contributed by atoms with Crippen molar-refractivity contribution in [2.24, 2.45) is 5.92 Å². The average Bonchev–Trinajstić information content (AvgIpc) is 2.97. The van der Waals surface area contributed by atoms with E-state index in [-0.39, 0.29) is 18.5 Å². The first-order valence-corrected chi connectivity index (χ1v) is 14.7. The lowest BCUT2D eigenvalue weighted by atomic mass is 9.84. The highest BCUT2D eigenvalue weighted by Crippen LogP contribution is 2.30. The van der Waals surface area contributed by atoms with Crippen molar-refractivity contribution in [2.75, 3.05) is 19.6 Å². The molecule has 3 fully saturated rings. The van der Waals surface area contributed by atoms with Crippen molar-refractivity contribution in [2.45, 2.75) is 95.7 Å². The van der Waals surface area contributed by atoms with Crippen LogP contribution in [0.1, 0.15) is 76.3 Å². The smallest absolute Gasteiger partial charge is 0.408 e. The van der Waals surface area contributed by atoms with Gasteiger partial charge in [-0.15, -0.1) is 0 Å². The van der Waals surface area contributed by atoms with Gasteiger partial charge in [0, 0.05) is 30.2 Å². The molecule has 1 N–H and O–H groups in total. The van der Waals surface area contributed by atoms with Crippen LogP contribution in [0.3, 0.4) is 0 Å². The van der Waals surface area contributed by atoms with Gasteiger partial charge in [-0.05, 0) is 38.2 Å². The van der Waals surface area contributed by atoms with E-state index in [0.717, 1.165) is 36.6 Å². The first-order valence-electron chi connectivity index (χ1n) is 14.7. The number of aryl methyl sites for hydroxylation is 1. The third-order valence-electron chi connectivity index (χ3n) is 8.78. The van der Waals surface area contributed by atoms with Gasteiger partial charge in [0.2, 0.25) is 5.91 Å². The van der Waals surface area contributed by atoms with Gasteiger partial charge in [0.1, 0.15) is 24.2 Å². The molecule has 1 aliphatic heterocycles. The molecule has 2 saturated carbocycles. The lowest BCUT2D eigenvalue weighted by Crippen LogP contribution is -2.61. The van der Waals surface area contributed by atoms with Gasteiger partial charge in [-0.2, -0.15) is 0 Å². The highest BCUT2D eigenvalue weighted by molar-refractivity contribution is 5.88. The Balaban J connectivity index is 1.26. The number of ether oxygens (including phenoxy) is 1. The van der Waals surface area contributed by atoms with E-state index in [2.05, 4.69) is 15.3 Å². The zero-order chi connectivity index (χ0) is 27.2. The first-order chi connectivity index (χ1) is 19.0. The number of benzene rings is 1. The molecule has 2 heterocycles. The molecule has 1 aromatic carbocycles. The Hall–Kier alpha value is -3.07. The highest BCUT2D eigenvalue weighted by Gasteiger charge is 2.37. The van der Waals surface area contributed by atoms with Crippen LogP contribution in [0.5, 0.6) is 5.75 Å². The number of carbonyl (C=O) groups excluding carboxylic acids is 3. The Bertz CT molecular complexity index is 1140. The maximum atomic E-state index is 13.9. The van der Waals surface area contributed by atoms with Gasteiger partial charge in [0.25, 0.3) is 0 Å². The maximum Gasteiger partial charge on any atom is 0.415 e. The van der Waals surface area contributed by atoms with E-state index < -0.39 is 12.1 Å². The summed E-state index contributed by atoms with van der Waals surface area (Å²) in [7, 11) is 0. The molecule has 2 atom stereocenters. The van der Waals surface area contributed by atoms with Crippen LogP contribution in [0.25, 0.3) is 10.9 Å². The van der Waals surface area contributed by atoms with Gasteiger partial charge in [-0.25, -0.2) is 14.8 Å². The molecular weight excluding hydrogens is 494 g/mol. The second-order valence-electron chi connectivity index (χ2n) is 11.5. The molecule has 2 aromatic rings. The molecular formula is C30H41N5O4. The van der Waals surface area contributed by atoms with Crippen LogP contribution in [-0.4, -0.2) is 75.8 Å². The summed E-state index contributed by atoms with van der Waals surface area (Å²) in [4.78, 5) is 51.0. The Morgan fingerprint density at radius 3 is 2.54 bits per heavy atom. The second-order valence-corrected chi connectivity index (χ2v) is 11.5. The summed E-state index contributed by atoms with van der Waals surface area (Å²) in [6.45, 7) is 2.62. The van der Waals surface area contributed by atoms with Crippen LogP contribution in [0, 0.1) is 12.8 Å². The van der Waals surface area contributed by atoms with E-state index in [1.54, 1.807) is 17.0 Å². The van der Waals surface area contributed by atoms with Crippen molar-refractivity contribution >= 4 is 29.2 Å². The number of aldehydes is 1. The molecule has 5 rings (SSSR count). The van der Waals surface area contributed by atoms with Crippen molar-refractivity contribution < 1.29 is 19.1 Å². The quantitative estimate of drug-likeness (QED) is 0.524. The fourth-order valence-corrected chi connectivity index (χ4v) is 6.55. The second kappa shape index (κ2) is 12.9. The zero-order valence-corrected chi connectivity index (χ0v) is 23.0. The minimum Gasteiger partial charge on any atom is -0.408 e. The van der Waals surface area contributed by atoms with Crippen LogP contribution >= 0.6 is 0 Å². The third kappa shape index (κ3) is 6.57. The molecule has 9 nitrogen and oxygen atoms in total. The number of fused-ring (bicyclic) bond motifs is 1. The van der Waals surface area contributed by atoms with Crippen molar-refractivity contribution in [1.29, 1.82) is 0 Å². The Morgan fingerprint density at radius 2 is 1.79 bits per heavy atom. The zero-order valence-electron chi connectivity index (χ0n) is 23.0. The van der Waals surface area contributed by atoms with Crippen LogP contribution in [0.4, 0.5) is 4.79 Å². The lowest BCUT2D eigenvalue weighted by molar-refractivity contribution is -0.141. The summed E-state index contributed by atoms with van der Waals surface area (Å²) >= 11 is 0. The summed E-state index contributed by atoms with van der Waals surface area (Å²) in [6, 6.07) is 4.78. The molecule has 1 saturated heterocycles. The Kier molecular flexibility index (Phi) is 9.06. The van der Waals surface area contributed by atoms with Gasteiger partial charge in [-0.3, -0.25) is 4.79 Å². The molecule has 2 amide bonds. The number of aromatic nitrogens is 2. The van der Waals surface area contributed by atoms with Crippen LogP contribution in [0.15, 0.2) is 24.5 Å². The molecule has 39 heavy (non-hydrogen) atoms. The van der Waals surface area contributed by atoms with Gasteiger partial charge >= 0.3 is 6.09 Å². The Labute approximate surface area is 230 Å². The molecule has 2 aliphatic carbocycles. The minimum atomic E-state index is -0.696. The molecule has 3 aliphatic rings. The number of piperazine rings is 1. The number of hydrogen-bond acceptors (Lipinski definition) is 7. The van der Waals surface area contributed by atoms with Gasteiger partial charge in [-0.1, -0.05) is 63.5 Å². The molecule has 9 heteroatoms. The standard InChI is InChI=1S/C30H41N5O4/c1-21-25-13-8-14-27(28(25)32-20-31-21)39-30(38)34-15-16-35(24(18-34)19-36)29(37)26(17-22-9-4-2-5-10-22)33-23-11-6-3-7-12-23/h8,13-14,19-20,22-24,26,33H,2-7,9-12,15-18H2,1H3/t24-,26+/m0/s1. The lowest BCUT2D eigenvalue weighted by Gasteiger charge is -2.41. The largest absolute Gasteiger partial charge is 0.415 e. The van der Waals surface area contributed by atoms with Crippen molar-refractivity contribution in [3.05, 3.63) is 30.2 Å². The summed E-state index contributed by atoms with van der Waals surface area (Å²) < 4.78 is 5.72. The predicted molar refractivity (Wildman–Crippen MR) is 148 cm³/mol. The summed E-state index contributed by atoms with van der Waals surface area (Å²) in [5.41, 5.74) is 1.37. The van der Waals surface area contributed by atoms with Crippen LogP contribution < -0.4 is 10.1 Å². The monoisotopic (exact) mass is 535 g/mol. The molecule has 1 aromatic heterocycles. The highest BCUT2D eigenvalue weighted by atomic mass is 16.6. The van der Waals surface area contributed by atoms with Gasteiger partial charge < -0.3 is 24.6 Å². The summed E-state index contributed by atoms with van der Waals surface area (Å²) in [5, 5.41) is 4.53. The van der Waals surface area contributed by atoms with E-state index in [9.17, 15) is 14.4 Å². The number of nitrogens with zero attached hydrogens (tertiary/aromatic N) is 4. The number of hydrogen-bond donors (Lipinski definition) is 1. The number of para-hydroxylation sites is 1.